The summed E-state index contributed by atoms with van der Waals surface area (Å²) in [6, 6.07) is 10.7. The highest BCUT2D eigenvalue weighted by Crippen LogP contribution is 2.79. The summed E-state index contributed by atoms with van der Waals surface area (Å²) in [5.41, 5.74) is 1.40. The number of allylic oxidation sites excluding steroid dienone is 2. The van der Waals surface area contributed by atoms with Crippen molar-refractivity contribution in [2.45, 2.75) is 51.0 Å². The van der Waals surface area contributed by atoms with E-state index in [2.05, 4.69) is 56.3 Å². The van der Waals surface area contributed by atoms with Crippen molar-refractivity contribution < 1.29 is 9.53 Å². The zero-order valence-corrected chi connectivity index (χ0v) is 13.9. The molecular weight excluding hydrogens is 284 g/mol. The van der Waals surface area contributed by atoms with E-state index >= 15 is 0 Å². The number of carbonyl (C=O) groups is 1. The van der Waals surface area contributed by atoms with E-state index in [0.29, 0.717) is 5.92 Å². The Bertz CT molecular complexity index is 708. The number of esters is 1. The molecule has 0 unspecified atom stereocenters. The normalized spacial score (nSPS) is 49.8. The van der Waals surface area contributed by atoms with Gasteiger partial charge >= 0.3 is 5.97 Å². The molecule has 0 radical (unpaired) electrons. The summed E-state index contributed by atoms with van der Waals surface area (Å²) in [7, 11) is 0. The van der Waals surface area contributed by atoms with Crippen molar-refractivity contribution in [3.05, 3.63) is 48.0 Å². The quantitative estimate of drug-likeness (QED) is 0.572. The highest BCUT2D eigenvalue weighted by molar-refractivity contribution is 5.81. The third kappa shape index (κ3) is 1.25. The smallest absolute Gasteiger partial charge is 0.310 e. The fraction of sp³-hybridized carbons (Fsp3) is 0.571. The summed E-state index contributed by atoms with van der Waals surface area (Å²) in [5.74, 6) is 0.365. The van der Waals surface area contributed by atoms with Crippen LogP contribution in [0.1, 0.15) is 45.1 Å². The number of benzene rings is 1. The van der Waals surface area contributed by atoms with Gasteiger partial charge < -0.3 is 4.74 Å². The number of cyclic esters (lactones) is 1. The number of carbonyl (C=O) groups excluding carboxylic acids is 1. The Kier molecular flexibility index (Phi) is 2.46. The van der Waals surface area contributed by atoms with Crippen LogP contribution in [0.15, 0.2) is 42.5 Å². The molecule has 6 atom stereocenters. The van der Waals surface area contributed by atoms with Crippen molar-refractivity contribution in [1.82, 2.24) is 0 Å². The standard InChI is InChI=1S/C21H24O2/c1-14-16-17(18(22)23-14)21(15-8-4-3-5-9-15)13-12-20(16)11-7-6-10-19(20,21)2/h3-5,8-9,12-14,16-17H,6-7,10-11H2,1-2H3/t14-,16-,17-,19-,20-,21-/m0/s1. The Morgan fingerprint density at radius 2 is 1.83 bits per heavy atom. The molecule has 4 aliphatic rings. The van der Waals surface area contributed by atoms with Gasteiger partial charge in [0.2, 0.25) is 0 Å². The van der Waals surface area contributed by atoms with E-state index in [4.69, 9.17) is 4.74 Å². The molecule has 1 saturated heterocycles. The van der Waals surface area contributed by atoms with E-state index in [0.717, 1.165) is 0 Å². The number of fused-ring (bicyclic) bond motifs is 2. The molecular formula is C21H24O2. The van der Waals surface area contributed by atoms with E-state index in [-0.39, 0.29) is 34.2 Å². The lowest BCUT2D eigenvalue weighted by Gasteiger charge is -2.51. The van der Waals surface area contributed by atoms with E-state index in [1.165, 1.54) is 31.2 Å². The highest BCUT2D eigenvalue weighted by Gasteiger charge is 2.80. The van der Waals surface area contributed by atoms with Crippen LogP contribution in [0.25, 0.3) is 0 Å². The molecule has 1 aromatic carbocycles. The van der Waals surface area contributed by atoms with Gasteiger partial charge in [-0.3, -0.25) is 4.79 Å². The summed E-state index contributed by atoms with van der Waals surface area (Å²) < 4.78 is 5.77. The first-order chi connectivity index (χ1) is 11.1. The Balaban J connectivity index is 1.82. The first kappa shape index (κ1) is 13.8. The molecule has 120 valence electrons. The molecule has 3 aliphatic carbocycles. The number of hydrogen-bond donors (Lipinski definition) is 0. The lowest BCUT2D eigenvalue weighted by atomic mass is 9.52. The number of rotatable bonds is 1. The largest absolute Gasteiger partial charge is 0.462 e. The minimum atomic E-state index is -0.179. The van der Waals surface area contributed by atoms with Crippen molar-refractivity contribution in [1.29, 1.82) is 0 Å². The van der Waals surface area contributed by atoms with E-state index in [9.17, 15) is 4.79 Å². The second kappa shape index (κ2) is 4.09. The summed E-state index contributed by atoms with van der Waals surface area (Å²) >= 11 is 0. The van der Waals surface area contributed by atoms with Crippen molar-refractivity contribution in [2.75, 3.05) is 0 Å². The van der Waals surface area contributed by atoms with Crippen LogP contribution in [0.3, 0.4) is 0 Å². The lowest BCUT2D eigenvalue weighted by molar-refractivity contribution is -0.147. The van der Waals surface area contributed by atoms with Crippen molar-refractivity contribution in [3.63, 3.8) is 0 Å². The predicted octanol–water partition coefficient (Wildman–Crippen LogP) is 4.25. The second-order valence-electron chi connectivity index (χ2n) is 8.29. The predicted molar refractivity (Wildman–Crippen MR) is 88.8 cm³/mol. The van der Waals surface area contributed by atoms with Crippen LogP contribution >= 0.6 is 0 Å². The van der Waals surface area contributed by atoms with Gasteiger partial charge in [-0.15, -0.1) is 0 Å². The average molecular weight is 308 g/mol. The molecule has 0 aromatic heterocycles. The molecule has 2 bridgehead atoms. The molecule has 1 heterocycles. The fourth-order valence-corrected chi connectivity index (χ4v) is 7.06. The highest BCUT2D eigenvalue weighted by atomic mass is 16.6. The van der Waals surface area contributed by atoms with Gasteiger partial charge in [-0.1, -0.05) is 62.2 Å². The summed E-state index contributed by atoms with van der Waals surface area (Å²) in [5, 5.41) is 0. The molecule has 1 aliphatic heterocycles. The van der Waals surface area contributed by atoms with Gasteiger partial charge in [0.25, 0.3) is 0 Å². The van der Waals surface area contributed by atoms with Gasteiger partial charge in [0.1, 0.15) is 6.10 Å². The van der Waals surface area contributed by atoms with Gasteiger partial charge in [0.15, 0.2) is 0 Å². The first-order valence-electron chi connectivity index (χ1n) is 9.03. The zero-order chi connectivity index (χ0) is 15.9. The minimum absolute atomic E-state index is 0.00648. The zero-order valence-electron chi connectivity index (χ0n) is 13.9. The average Bonchev–Trinajstić information content (AvgIpc) is 3.09. The van der Waals surface area contributed by atoms with Crippen LogP contribution < -0.4 is 0 Å². The van der Waals surface area contributed by atoms with E-state index < -0.39 is 0 Å². The molecule has 3 fully saturated rings. The maximum absolute atomic E-state index is 12.9. The Labute approximate surface area is 137 Å². The maximum atomic E-state index is 12.9. The molecule has 0 amide bonds. The Hall–Kier alpha value is -1.57. The number of hydrogen-bond acceptors (Lipinski definition) is 2. The first-order valence-corrected chi connectivity index (χ1v) is 9.03. The summed E-state index contributed by atoms with van der Waals surface area (Å²) in [6.07, 6.45) is 9.89. The van der Waals surface area contributed by atoms with Crippen LogP contribution in [0, 0.1) is 22.7 Å². The second-order valence-corrected chi connectivity index (χ2v) is 8.29. The number of ether oxygens (including phenoxy) is 1. The molecule has 2 heteroatoms. The van der Waals surface area contributed by atoms with Gasteiger partial charge in [-0.2, -0.15) is 0 Å². The van der Waals surface area contributed by atoms with Gasteiger partial charge in [-0.25, -0.2) is 0 Å². The van der Waals surface area contributed by atoms with E-state index in [1.807, 2.05) is 0 Å². The van der Waals surface area contributed by atoms with Gasteiger partial charge in [-0.05, 0) is 30.7 Å². The molecule has 0 spiro atoms. The third-order valence-electron chi connectivity index (χ3n) is 7.86. The van der Waals surface area contributed by atoms with Crippen LogP contribution in [0.2, 0.25) is 0 Å². The molecule has 23 heavy (non-hydrogen) atoms. The van der Waals surface area contributed by atoms with Crippen molar-refractivity contribution >= 4 is 5.97 Å². The lowest BCUT2D eigenvalue weighted by Crippen LogP contribution is -2.48. The monoisotopic (exact) mass is 308 g/mol. The van der Waals surface area contributed by atoms with Gasteiger partial charge in [0, 0.05) is 16.7 Å². The van der Waals surface area contributed by atoms with E-state index in [1.54, 1.807) is 0 Å². The van der Waals surface area contributed by atoms with Crippen LogP contribution in [0.4, 0.5) is 0 Å². The van der Waals surface area contributed by atoms with Crippen LogP contribution in [-0.4, -0.2) is 12.1 Å². The topological polar surface area (TPSA) is 26.3 Å². The SMILES string of the molecule is C[C@@H]1OC(=O)[C@@H]2[C@H]1[C@]13C=C[C@@]2(c2ccccc2)[C@@]1(C)CCCC3. The van der Waals surface area contributed by atoms with Crippen molar-refractivity contribution in [3.8, 4) is 0 Å². The summed E-state index contributed by atoms with van der Waals surface area (Å²) in [4.78, 5) is 12.9. The molecule has 2 saturated carbocycles. The third-order valence-corrected chi connectivity index (χ3v) is 7.86. The fourth-order valence-electron chi connectivity index (χ4n) is 7.06. The van der Waals surface area contributed by atoms with Crippen LogP contribution in [-0.2, 0) is 14.9 Å². The summed E-state index contributed by atoms with van der Waals surface area (Å²) in [6.45, 7) is 4.57. The maximum Gasteiger partial charge on any atom is 0.310 e. The minimum Gasteiger partial charge on any atom is -0.462 e. The molecule has 1 aromatic rings. The van der Waals surface area contributed by atoms with Crippen molar-refractivity contribution in [2.24, 2.45) is 22.7 Å². The molecule has 2 nitrogen and oxygen atoms in total. The van der Waals surface area contributed by atoms with Crippen LogP contribution in [0.5, 0.6) is 0 Å². The molecule has 5 rings (SSSR count). The Morgan fingerprint density at radius 3 is 2.61 bits per heavy atom. The Morgan fingerprint density at radius 1 is 1.09 bits per heavy atom. The molecule has 0 N–H and O–H groups in total. The van der Waals surface area contributed by atoms with Gasteiger partial charge in [0.05, 0.1) is 5.92 Å².